The Morgan fingerprint density at radius 2 is 2.00 bits per heavy atom. The maximum Gasteiger partial charge on any atom is 0.221 e. The maximum absolute atomic E-state index is 11.2. The average molecular weight is 488 g/mol. The molecule has 1 saturated carbocycles. The van der Waals surface area contributed by atoms with Gasteiger partial charge in [-0.05, 0) is 42.4 Å². The van der Waals surface area contributed by atoms with Crippen LogP contribution in [0.15, 0.2) is 29.3 Å². The molecule has 1 fully saturated rings. The number of carbonyl (C=O) groups excluding carboxylic acids is 1. The Kier molecular flexibility index (Phi) is 10.7. The summed E-state index contributed by atoms with van der Waals surface area (Å²) in [5.41, 5.74) is 2.22. The highest BCUT2D eigenvalue weighted by Gasteiger charge is 2.33. The fourth-order valence-electron chi connectivity index (χ4n) is 3.60. The van der Waals surface area contributed by atoms with Crippen molar-refractivity contribution >= 4 is 41.5 Å². The summed E-state index contributed by atoms with van der Waals surface area (Å²) in [5, 5.41) is 9.66. The Balaban J connectivity index is 0.00000364. The van der Waals surface area contributed by atoms with Gasteiger partial charge in [-0.25, -0.2) is 0 Å². The molecule has 7 heteroatoms. The van der Waals surface area contributed by atoms with Crippen LogP contribution in [0.4, 0.5) is 5.69 Å². The molecule has 1 amide bonds. The van der Waals surface area contributed by atoms with Crippen LogP contribution in [-0.2, 0) is 16.1 Å². The molecule has 0 spiro atoms. The second-order valence-corrected chi connectivity index (χ2v) is 7.11. The van der Waals surface area contributed by atoms with Gasteiger partial charge in [0.2, 0.25) is 5.91 Å². The van der Waals surface area contributed by atoms with E-state index in [4.69, 9.17) is 4.74 Å². The maximum atomic E-state index is 11.2. The predicted molar refractivity (Wildman–Crippen MR) is 122 cm³/mol. The molecular formula is C20H33IN4O2. The Hall–Kier alpha value is -1.35. The van der Waals surface area contributed by atoms with Crippen LogP contribution in [0.5, 0.6) is 0 Å². The zero-order valence-corrected chi connectivity index (χ0v) is 19.0. The number of hydrogen-bond acceptors (Lipinski definition) is 3. The van der Waals surface area contributed by atoms with Crippen LogP contribution < -0.4 is 16.0 Å². The SMILES string of the molecule is CN=C(NCc1cccc(NC(C)=O)c1)NCC1(CCOC)CCCC1.I. The quantitative estimate of drug-likeness (QED) is 0.298. The third-order valence-corrected chi connectivity index (χ3v) is 5.06. The number of rotatable bonds is 8. The number of amides is 1. The highest BCUT2D eigenvalue weighted by atomic mass is 127. The van der Waals surface area contributed by atoms with Crippen molar-refractivity contribution in [2.24, 2.45) is 10.4 Å². The van der Waals surface area contributed by atoms with E-state index in [-0.39, 0.29) is 29.9 Å². The van der Waals surface area contributed by atoms with Crippen molar-refractivity contribution in [1.29, 1.82) is 0 Å². The molecule has 1 aliphatic rings. The third kappa shape index (κ3) is 8.04. The smallest absolute Gasteiger partial charge is 0.221 e. The largest absolute Gasteiger partial charge is 0.385 e. The summed E-state index contributed by atoms with van der Waals surface area (Å²) in [6, 6.07) is 7.83. The van der Waals surface area contributed by atoms with Crippen LogP contribution >= 0.6 is 24.0 Å². The Morgan fingerprint density at radius 1 is 1.26 bits per heavy atom. The number of halogens is 1. The molecule has 1 aromatic rings. The van der Waals surface area contributed by atoms with Crippen LogP contribution in [0.3, 0.4) is 0 Å². The number of anilines is 1. The first-order valence-corrected chi connectivity index (χ1v) is 9.37. The van der Waals surface area contributed by atoms with Gasteiger partial charge in [0, 0.05) is 46.5 Å². The van der Waals surface area contributed by atoms with Crippen LogP contribution in [0.2, 0.25) is 0 Å². The number of benzene rings is 1. The first-order chi connectivity index (χ1) is 12.6. The number of guanidine groups is 1. The molecular weight excluding hydrogens is 455 g/mol. The van der Waals surface area contributed by atoms with E-state index in [0.717, 1.165) is 36.8 Å². The van der Waals surface area contributed by atoms with E-state index in [2.05, 4.69) is 20.9 Å². The number of hydrogen-bond donors (Lipinski definition) is 3. The standard InChI is InChI=1S/C20H32N4O2.HI/c1-16(25)24-18-8-6-7-17(13-18)14-22-19(21-2)23-15-20(11-12-26-3)9-4-5-10-20;/h6-8,13H,4-5,9-12,14-15H2,1-3H3,(H,24,25)(H2,21,22,23);1H. The minimum Gasteiger partial charge on any atom is -0.385 e. The van der Waals surface area contributed by atoms with E-state index < -0.39 is 0 Å². The van der Waals surface area contributed by atoms with Crippen molar-refractivity contribution in [2.75, 3.05) is 32.6 Å². The topological polar surface area (TPSA) is 74.8 Å². The second-order valence-electron chi connectivity index (χ2n) is 7.11. The highest BCUT2D eigenvalue weighted by molar-refractivity contribution is 14.0. The summed E-state index contributed by atoms with van der Waals surface area (Å²) >= 11 is 0. The molecule has 0 unspecified atom stereocenters. The normalized spacial score (nSPS) is 15.7. The van der Waals surface area contributed by atoms with Crippen LogP contribution in [0.1, 0.15) is 44.6 Å². The Bertz CT molecular complexity index is 616. The predicted octanol–water partition coefficient (Wildman–Crippen LogP) is 3.52. The van der Waals surface area contributed by atoms with Crippen LogP contribution in [0.25, 0.3) is 0 Å². The van der Waals surface area contributed by atoms with Gasteiger partial charge in [0.05, 0.1) is 0 Å². The molecule has 0 aromatic heterocycles. The summed E-state index contributed by atoms with van der Waals surface area (Å²) in [7, 11) is 3.56. The van der Waals surface area contributed by atoms with Gasteiger partial charge >= 0.3 is 0 Å². The van der Waals surface area contributed by atoms with Crippen LogP contribution in [0, 0.1) is 5.41 Å². The number of nitrogens with one attached hydrogen (secondary N) is 3. The van der Waals surface area contributed by atoms with Gasteiger partial charge in [0.1, 0.15) is 0 Å². The number of methoxy groups -OCH3 is 1. The first-order valence-electron chi connectivity index (χ1n) is 9.37. The van der Waals surface area contributed by atoms with Gasteiger partial charge in [-0.3, -0.25) is 9.79 Å². The van der Waals surface area contributed by atoms with E-state index in [0.29, 0.717) is 12.0 Å². The van der Waals surface area contributed by atoms with Gasteiger partial charge in [0.25, 0.3) is 0 Å². The van der Waals surface area contributed by atoms with Crippen molar-refractivity contribution in [3.63, 3.8) is 0 Å². The molecule has 152 valence electrons. The Labute approximate surface area is 179 Å². The summed E-state index contributed by atoms with van der Waals surface area (Å²) in [4.78, 5) is 15.5. The molecule has 0 atom stereocenters. The minimum atomic E-state index is -0.0643. The monoisotopic (exact) mass is 488 g/mol. The van der Waals surface area contributed by atoms with Gasteiger partial charge < -0.3 is 20.7 Å². The lowest BCUT2D eigenvalue weighted by atomic mass is 9.83. The molecule has 1 aliphatic carbocycles. The van der Waals surface area contributed by atoms with E-state index in [1.165, 1.54) is 32.6 Å². The van der Waals surface area contributed by atoms with Gasteiger partial charge in [-0.2, -0.15) is 0 Å². The molecule has 0 aliphatic heterocycles. The molecule has 0 saturated heterocycles. The van der Waals surface area contributed by atoms with Crippen LogP contribution in [-0.4, -0.2) is 39.2 Å². The average Bonchev–Trinajstić information content (AvgIpc) is 3.09. The van der Waals surface area contributed by atoms with E-state index >= 15 is 0 Å². The van der Waals surface area contributed by atoms with Crippen molar-refractivity contribution in [3.05, 3.63) is 29.8 Å². The number of ether oxygens (including phenoxy) is 1. The molecule has 0 heterocycles. The Morgan fingerprint density at radius 3 is 2.63 bits per heavy atom. The zero-order valence-electron chi connectivity index (χ0n) is 16.6. The van der Waals surface area contributed by atoms with Crippen molar-refractivity contribution in [1.82, 2.24) is 10.6 Å². The van der Waals surface area contributed by atoms with Crippen molar-refractivity contribution < 1.29 is 9.53 Å². The summed E-state index contributed by atoms with van der Waals surface area (Å²) in [6.07, 6.45) is 6.19. The number of nitrogens with zero attached hydrogens (tertiary/aromatic N) is 1. The molecule has 0 bridgehead atoms. The lowest BCUT2D eigenvalue weighted by molar-refractivity contribution is -0.114. The summed E-state index contributed by atoms with van der Waals surface area (Å²) < 4.78 is 5.30. The van der Waals surface area contributed by atoms with E-state index in [1.807, 2.05) is 24.3 Å². The molecule has 1 aromatic carbocycles. The zero-order chi connectivity index (χ0) is 18.8. The van der Waals surface area contributed by atoms with E-state index in [1.54, 1.807) is 14.2 Å². The minimum absolute atomic E-state index is 0. The highest BCUT2D eigenvalue weighted by Crippen LogP contribution is 2.40. The molecule has 3 N–H and O–H groups in total. The number of aliphatic imine (C=N–C) groups is 1. The molecule has 2 rings (SSSR count). The summed E-state index contributed by atoms with van der Waals surface area (Å²) in [6.45, 7) is 3.89. The van der Waals surface area contributed by atoms with E-state index in [9.17, 15) is 4.79 Å². The fourth-order valence-corrected chi connectivity index (χ4v) is 3.60. The molecule has 0 radical (unpaired) electrons. The van der Waals surface area contributed by atoms with Crippen molar-refractivity contribution in [2.45, 2.75) is 45.6 Å². The molecule has 27 heavy (non-hydrogen) atoms. The molecule has 6 nitrogen and oxygen atoms in total. The fraction of sp³-hybridized carbons (Fsp3) is 0.600. The van der Waals surface area contributed by atoms with Gasteiger partial charge in [0.15, 0.2) is 5.96 Å². The number of carbonyl (C=O) groups is 1. The van der Waals surface area contributed by atoms with Crippen molar-refractivity contribution in [3.8, 4) is 0 Å². The van der Waals surface area contributed by atoms with Gasteiger partial charge in [-0.15, -0.1) is 24.0 Å². The third-order valence-electron chi connectivity index (χ3n) is 5.06. The first kappa shape index (κ1) is 23.7. The van der Waals surface area contributed by atoms with Gasteiger partial charge in [-0.1, -0.05) is 25.0 Å². The lowest BCUT2D eigenvalue weighted by Gasteiger charge is -2.30. The second kappa shape index (κ2) is 12.2. The lowest BCUT2D eigenvalue weighted by Crippen LogP contribution is -2.43. The summed E-state index contributed by atoms with van der Waals surface area (Å²) in [5.74, 6) is 0.740.